The largest absolute Gasteiger partial charge is 0.318 e. The van der Waals surface area contributed by atoms with Crippen molar-refractivity contribution in [1.82, 2.24) is 9.88 Å². The second kappa shape index (κ2) is 6.02. The molecule has 1 amide bonds. The number of thiocarbonyl (C=S) groups is 1. The fraction of sp³-hybridized carbons (Fsp3) is 0.125. The predicted molar refractivity (Wildman–Crippen MR) is 99.3 cm³/mol. The topological polar surface area (TPSA) is 34.0 Å². The number of halogens is 1. The van der Waals surface area contributed by atoms with Gasteiger partial charge in [-0.25, -0.2) is 0 Å². The van der Waals surface area contributed by atoms with Crippen molar-refractivity contribution in [3.05, 3.63) is 56.7 Å². The lowest BCUT2D eigenvalue weighted by molar-refractivity contribution is -0.115. The minimum Gasteiger partial charge on any atom is -0.318 e. The second-order valence-corrected chi connectivity index (χ2v) is 7.63. The zero-order chi connectivity index (χ0) is 15.9. The summed E-state index contributed by atoms with van der Waals surface area (Å²) in [4.78, 5) is 12.4. The van der Waals surface area contributed by atoms with Crippen LogP contribution in [0.15, 0.2) is 39.7 Å². The maximum atomic E-state index is 11.8. The summed E-state index contributed by atoms with van der Waals surface area (Å²) in [5.41, 5.74) is 4.35. The number of rotatable bonds is 2. The Morgan fingerprint density at radius 3 is 2.55 bits per heavy atom. The second-order valence-electron chi connectivity index (χ2n) is 4.99. The molecular formula is C16H13BrN2OS2. The van der Waals surface area contributed by atoms with Crippen LogP contribution >= 0.6 is 39.9 Å². The van der Waals surface area contributed by atoms with Gasteiger partial charge >= 0.3 is 0 Å². The standard InChI is InChI=1S/C16H13BrN2OS2/c1-9-7-11(8-14-15(20)18-16(21)22-14)10(2)19(9)13-5-3-12(17)4-6-13/h3-8H,1-2H3,(H,18,20,21)/b14-8+. The van der Waals surface area contributed by atoms with E-state index in [9.17, 15) is 4.79 Å². The van der Waals surface area contributed by atoms with Crippen molar-refractivity contribution in [3.63, 3.8) is 0 Å². The first kappa shape index (κ1) is 15.5. The highest BCUT2D eigenvalue weighted by Gasteiger charge is 2.22. The van der Waals surface area contributed by atoms with Crippen LogP contribution < -0.4 is 5.32 Å². The van der Waals surface area contributed by atoms with Crippen molar-refractivity contribution in [3.8, 4) is 5.69 Å². The number of carbonyl (C=O) groups is 1. The van der Waals surface area contributed by atoms with Gasteiger partial charge in [0.25, 0.3) is 5.91 Å². The van der Waals surface area contributed by atoms with Crippen LogP contribution in [0.5, 0.6) is 0 Å². The predicted octanol–water partition coefficient (Wildman–Crippen LogP) is 4.35. The van der Waals surface area contributed by atoms with Crippen molar-refractivity contribution in [2.75, 3.05) is 0 Å². The number of benzene rings is 1. The fourth-order valence-electron chi connectivity index (χ4n) is 2.48. The highest BCUT2D eigenvalue weighted by molar-refractivity contribution is 9.10. The summed E-state index contributed by atoms with van der Waals surface area (Å²) in [6, 6.07) is 10.2. The Morgan fingerprint density at radius 2 is 1.95 bits per heavy atom. The lowest BCUT2D eigenvalue weighted by Crippen LogP contribution is -2.17. The minimum absolute atomic E-state index is 0.122. The first-order chi connectivity index (χ1) is 10.5. The minimum atomic E-state index is -0.122. The Labute approximate surface area is 146 Å². The summed E-state index contributed by atoms with van der Waals surface area (Å²) < 4.78 is 3.74. The van der Waals surface area contributed by atoms with Crippen LogP contribution in [0.25, 0.3) is 11.8 Å². The van der Waals surface area contributed by atoms with Crippen molar-refractivity contribution in [1.29, 1.82) is 0 Å². The van der Waals surface area contributed by atoms with Crippen LogP contribution in [0.1, 0.15) is 17.0 Å². The first-order valence-corrected chi connectivity index (χ1v) is 8.67. The molecule has 0 bridgehead atoms. The monoisotopic (exact) mass is 392 g/mol. The summed E-state index contributed by atoms with van der Waals surface area (Å²) in [6.45, 7) is 4.11. The van der Waals surface area contributed by atoms with Gasteiger partial charge in [-0.05, 0) is 55.8 Å². The number of aromatic nitrogens is 1. The smallest absolute Gasteiger partial charge is 0.263 e. The third kappa shape index (κ3) is 2.91. The summed E-state index contributed by atoms with van der Waals surface area (Å²) in [5, 5.41) is 2.64. The van der Waals surface area contributed by atoms with Gasteiger partial charge in [0.2, 0.25) is 0 Å². The lowest BCUT2D eigenvalue weighted by atomic mass is 10.2. The molecule has 0 radical (unpaired) electrons. The van der Waals surface area contributed by atoms with E-state index < -0.39 is 0 Å². The number of hydrogen-bond acceptors (Lipinski definition) is 3. The van der Waals surface area contributed by atoms with E-state index in [1.54, 1.807) is 0 Å². The van der Waals surface area contributed by atoms with E-state index in [1.165, 1.54) is 11.8 Å². The number of aryl methyl sites for hydroxylation is 1. The number of carbonyl (C=O) groups excluding carboxylic acids is 1. The van der Waals surface area contributed by atoms with Gasteiger partial charge < -0.3 is 9.88 Å². The van der Waals surface area contributed by atoms with Crippen LogP contribution in [0.3, 0.4) is 0 Å². The van der Waals surface area contributed by atoms with Crippen molar-refractivity contribution in [2.45, 2.75) is 13.8 Å². The van der Waals surface area contributed by atoms with Crippen LogP contribution in [0.4, 0.5) is 0 Å². The number of amides is 1. The van der Waals surface area contributed by atoms with Gasteiger partial charge in [0.15, 0.2) is 0 Å². The molecule has 1 fully saturated rings. The fourth-order valence-corrected chi connectivity index (χ4v) is 3.78. The van der Waals surface area contributed by atoms with E-state index in [-0.39, 0.29) is 5.91 Å². The molecule has 0 atom stereocenters. The van der Waals surface area contributed by atoms with Gasteiger partial charge in [0, 0.05) is 21.5 Å². The molecule has 0 aliphatic carbocycles. The SMILES string of the molecule is Cc1cc(/C=C2/SC(=S)NC2=O)c(C)n1-c1ccc(Br)cc1. The molecule has 1 aromatic heterocycles. The Balaban J connectivity index is 2.04. The van der Waals surface area contributed by atoms with Crippen molar-refractivity contribution in [2.24, 2.45) is 0 Å². The molecule has 6 heteroatoms. The third-order valence-electron chi connectivity index (χ3n) is 3.48. The summed E-state index contributed by atoms with van der Waals surface area (Å²) in [7, 11) is 0. The molecule has 1 aliphatic heterocycles. The molecule has 112 valence electrons. The molecule has 0 unspecified atom stereocenters. The third-order valence-corrected chi connectivity index (χ3v) is 5.18. The molecule has 22 heavy (non-hydrogen) atoms. The van der Waals surface area contributed by atoms with Gasteiger partial charge in [0.1, 0.15) is 4.32 Å². The Morgan fingerprint density at radius 1 is 1.27 bits per heavy atom. The van der Waals surface area contributed by atoms with Crippen LogP contribution in [0.2, 0.25) is 0 Å². The molecular weight excluding hydrogens is 380 g/mol. The molecule has 1 aromatic carbocycles. The number of hydrogen-bond donors (Lipinski definition) is 1. The van der Waals surface area contributed by atoms with Gasteiger partial charge in [-0.1, -0.05) is 39.9 Å². The molecule has 3 nitrogen and oxygen atoms in total. The van der Waals surface area contributed by atoms with Gasteiger partial charge in [0.05, 0.1) is 4.91 Å². The molecule has 2 heterocycles. The molecule has 1 saturated heterocycles. The molecule has 0 saturated carbocycles. The van der Waals surface area contributed by atoms with E-state index in [0.29, 0.717) is 9.23 Å². The Bertz CT molecular complexity index is 806. The molecule has 1 aliphatic rings. The average Bonchev–Trinajstić information content (AvgIpc) is 2.92. The molecule has 1 N–H and O–H groups in total. The van der Waals surface area contributed by atoms with Crippen LogP contribution in [-0.4, -0.2) is 14.8 Å². The van der Waals surface area contributed by atoms with Crippen molar-refractivity contribution >= 4 is 56.2 Å². The highest BCUT2D eigenvalue weighted by atomic mass is 79.9. The maximum Gasteiger partial charge on any atom is 0.263 e. The van der Waals surface area contributed by atoms with Crippen LogP contribution in [0, 0.1) is 13.8 Å². The van der Waals surface area contributed by atoms with E-state index in [2.05, 4.69) is 57.9 Å². The first-order valence-electron chi connectivity index (χ1n) is 6.65. The highest BCUT2D eigenvalue weighted by Crippen LogP contribution is 2.29. The van der Waals surface area contributed by atoms with E-state index >= 15 is 0 Å². The number of nitrogens with zero attached hydrogens (tertiary/aromatic N) is 1. The Hall–Kier alpha value is -1.37. The number of thioether (sulfide) groups is 1. The van der Waals surface area contributed by atoms with E-state index in [1.807, 2.05) is 18.2 Å². The van der Waals surface area contributed by atoms with Gasteiger partial charge in [-0.3, -0.25) is 4.79 Å². The van der Waals surface area contributed by atoms with Gasteiger partial charge in [-0.2, -0.15) is 0 Å². The summed E-state index contributed by atoms with van der Waals surface area (Å²) in [5.74, 6) is -0.122. The Kier molecular flexibility index (Phi) is 4.25. The zero-order valence-corrected chi connectivity index (χ0v) is 15.2. The zero-order valence-electron chi connectivity index (χ0n) is 12.0. The number of nitrogens with one attached hydrogen (secondary N) is 1. The summed E-state index contributed by atoms with van der Waals surface area (Å²) in [6.07, 6.45) is 1.90. The van der Waals surface area contributed by atoms with Gasteiger partial charge in [-0.15, -0.1) is 0 Å². The van der Waals surface area contributed by atoms with E-state index in [4.69, 9.17) is 12.2 Å². The maximum absolute atomic E-state index is 11.8. The summed E-state index contributed by atoms with van der Waals surface area (Å²) >= 11 is 9.78. The lowest BCUT2D eigenvalue weighted by Gasteiger charge is -2.09. The van der Waals surface area contributed by atoms with E-state index in [0.717, 1.165) is 27.1 Å². The molecule has 3 rings (SSSR count). The quantitative estimate of drug-likeness (QED) is 0.609. The van der Waals surface area contributed by atoms with Crippen LogP contribution in [-0.2, 0) is 4.79 Å². The molecule has 0 spiro atoms. The molecule has 2 aromatic rings. The average molecular weight is 393 g/mol. The normalized spacial score (nSPS) is 16.4. The van der Waals surface area contributed by atoms with Crippen molar-refractivity contribution < 1.29 is 4.79 Å².